The molecule has 2 nitrogen and oxygen atoms in total. The third kappa shape index (κ3) is 4.69. The molecule has 4 aliphatic rings. The lowest BCUT2D eigenvalue weighted by molar-refractivity contribution is -0.191. The van der Waals surface area contributed by atoms with E-state index in [0.717, 1.165) is 25.7 Å². The number of aliphatic hydroxyl groups is 1. The Kier molecular flexibility index (Phi) is 9.82. The molecule has 2 heteroatoms. The van der Waals surface area contributed by atoms with E-state index >= 15 is 0 Å². The van der Waals surface area contributed by atoms with Crippen LogP contribution in [0.1, 0.15) is 156 Å². The monoisotopic (exact) mass is 533 g/mol. The molecule has 0 saturated heterocycles. The first-order valence-electron chi connectivity index (χ1n) is 16.8. The van der Waals surface area contributed by atoms with Gasteiger partial charge in [0, 0.05) is 2.85 Å². The molecule has 0 bridgehead atoms. The molecule has 1 N–H and O–H groups in total. The quantitative estimate of drug-likeness (QED) is 0.366. The molecule has 224 valence electrons. The van der Waals surface area contributed by atoms with Crippen LogP contribution in [-0.2, 0) is 4.79 Å². The molecule has 0 aromatic carbocycles. The Labute approximate surface area is 240 Å². The summed E-state index contributed by atoms with van der Waals surface area (Å²) in [6, 6.07) is 0. The van der Waals surface area contributed by atoms with Crippen LogP contribution in [0.2, 0.25) is 0 Å². The first-order chi connectivity index (χ1) is 17.9. The lowest BCUT2D eigenvalue weighted by Crippen LogP contribution is -2.60. The topological polar surface area (TPSA) is 37.3 Å². The second-order valence-electron chi connectivity index (χ2n) is 14.8. The van der Waals surface area contributed by atoms with Gasteiger partial charge in [-0.25, -0.2) is 0 Å². The number of aliphatic hydroxyl groups excluding tert-OH is 1. The summed E-state index contributed by atoms with van der Waals surface area (Å²) in [5.41, 5.74) is 3.64. The van der Waals surface area contributed by atoms with Crippen molar-refractivity contribution in [3.8, 4) is 0 Å². The van der Waals surface area contributed by atoms with Gasteiger partial charge in [0.05, 0.1) is 11.5 Å². The van der Waals surface area contributed by atoms with Gasteiger partial charge < -0.3 is 5.11 Å². The number of rotatable bonds is 4. The Morgan fingerprint density at radius 2 is 1.55 bits per heavy atom. The highest BCUT2D eigenvalue weighted by molar-refractivity contribution is 5.87. The number of allylic oxidation sites excluding steroid dienone is 2. The smallest absolute Gasteiger partial charge is 0.140 e. The third-order valence-electron chi connectivity index (χ3n) is 13.3. The van der Waals surface area contributed by atoms with Crippen LogP contribution in [-0.4, -0.2) is 17.0 Å². The van der Waals surface area contributed by atoms with Gasteiger partial charge in [0.15, 0.2) is 0 Å². The van der Waals surface area contributed by atoms with Gasteiger partial charge in [0.1, 0.15) is 5.78 Å². The average Bonchev–Trinajstić information content (AvgIpc) is 3.19. The zero-order chi connectivity index (χ0) is 28.7. The second-order valence-corrected chi connectivity index (χ2v) is 14.8. The molecule has 0 spiro atoms. The van der Waals surface area contributed by atoms with Crippen LogP contribution in [0.3, 0.4) is 0 Å². The molecular formula is C36H68O2. The van der Waals surface area contributed by atoms with Gasteiger partial charge in [-0.2, -0.15) is 0 Å². The molecule has 0 amide bonds. The van der Waals surface area contributed by atoms with Gasteiger partial charge in [-0.3, -0.25) is 4.79 Å². The molecular weight excluding hydrogens is 464 g/mol. The average molecular weight is 533 g/mol. The van der Waals surface area contributed by atoms with E-state index in [1.54, 1.807) is 11.1 Å². The summed E-state index contributed by atoms with van der Waals surface area (Å²) in [6.07, 6.45) is 14.0. The van der Waals surface area contributed by atoms with E-state index in [1.165, 1.54) is 51.4 Å². The molecule has 0 radical (unpaired) electrons. The van der Waals surface area contributed by atoms with E-state index in [4.69, 9.17) is 0 Å². The van der Waals surface area contributed by atoms with Crippen LogP contribution in [0.4, 0.5) is 0 Å². The van der Waals surface area contributed by atoms with Crippen molar-refractivity contribution in [2.75, 3.05) is 0 Å². The molecule has 38 heavy (non-hydrogen) atoms. The van der Waals surface area contributed by atoms with Crippen LogP contribution in [0.25, 0.3) is 0 Å². The lowest BCUT2D eigenvalue weighted by Gasteiger charge is -2.66. The minimum atomic E-state index is -0.211. The Hall–Kier alpha value is -0.630. The summed E-state index contributed by atoms with van der Waals surface area (Å²) in [7, 11) is 0. The van der Waals surface area contributed by atoms with Crippen LogP contribution >= 0.6 is 0 Å². The molecule has 4 unspecified atom stereocenters. The maximum absolute atomic E-state index is 13.5. The summed E-state index contributed by atoms with van der Waals surface area (Å²) in [5.74, 6) is 3.47. The van der Waals surface area contributed by atoms with E-state index < -0.39 is 0 Å². The molecule has 0 aliphatic heterocycles. The van der Waals surface area contributed by atoms with Gasteiger partial charge in [-0.15, -0.1) is 0 Å². The number of ketones is 1. The molecule has 0 heterocycles. The van der Waals surface area contributed by atoms with E-state index in [0.29, 0.717) is 46.2 Å². The maximum Gasteiger partial charge on any atom is 0.140 e. The number of Topliss-reactive ketones (excluding diaryl/α,β-unsaturated/α-hetero) is 1. The number of hydrogen-bond acceptors (Lipinski definition) is 2. The van der Waals surface area contributed by atoms with Crippen molar-refractivity contribution in [2.45, 2.75) is 159 Å². The highest BCUT2D eigenvalue weighted by Crippen LogP contribution is 2.69. The fraction of sp³-hybridized carbons (Fsp3) is 0.917. The van der Waals surface area contributed by atoms with Crippen LogP contribution in [0.15, 0.2) is 11.1 Å². The Bertz CT molecular complexity index is 880. The Morgan fingerprint density at radius 1 is 0.895 bits per heavy atom. The van der Waals surface area contributed by atoms with Crippen molar-refractivity contribution in [2.24, 2.45) is 51.2 Å². The van der Waals surface area contributed by atoms with E-state index in [1.807, 2.05) is 20.8 Å². The van der Waals surface area contributed by atoms with Crippen molar-refractivity contribution in [1.29, 1.82) is 0 Å². The highest BCUT2D eigenvalue weighted by Gasteiger charge is 2.62. The number of fused-ring (bicyclic) bond motifs is 4. The predicted molar refractivity (Wildman–Crippen MR) is 167 cm³/mol. The van der Waals surface area contributed by atoms with Crippen molar-refractivity contribution in [1.82, 2.24) is 0 Å². The molecule has 3 fully saturated rings. The van der Waals surface area contributed by atoms with Crippen LogP contribution in [0, 0.1) is 51.2 Å². The van der Waals surface area contributed by atoms with Crippen LogP contribution < -0.4 is 0 Å². The van der Waals surface area contributed by atoms with Gasteiger partial charge >= 0.3 is 0 Å². The van der Waals surface area contributed by atoms with E-state index in [2.05, 4.69) is 55.4 Å². The summed E-state index contributed by atoms with van der Waals surface area (Å²) in [5, 5.41) is 11.1. The van der Waals surface area contributed by atoms with E-state index in [-0.39, 0.29) is 19.8 Å². The molecule has 4 rings (SSSR count). The van der Waals surface area contributed by atoms with Gasteiger partial charge in [0.25, 0.3) is 0 Å². The summed E-state index contributed by atoms with van der Waals surface area (Å²) >= 11 is 0. The maximum atomic E-state index is 13.5. The summed E-state index contributed by atoms with van der Waals surface area (Å²) in [4.78, 5) is 13.5. The number of carbonyl (C=O) groups excluding carboxylic acids is 1. The fourth-order valence-corrected chi connectivity index (χ4v) is 11.5. The zero-order valence-corrected chi connectivity index (χ0v) is 27.3. The van der Waals surface area contributed by atoms with Crippen molar-refractivity contribution in [3.63, 3.8) is 0 Å². The summed E-state index contributed by atoms with van der Waals surface area (Å²) in [6.45, 7) is 25.3. The molecule has 4 aliphatic carbocycles. The molecule has 0 aromatic rings. The predicted octanol–water partition coefficient (Wildman–Crippen LogP) is 10.7. The number of carbonyl (C=O) groups is 1. The first-order valence-corrected chi connectivity index (χ1v) is 16.8. The lowest BCUT2D eigenvalue weighted by atomic mass is 9.39. The standard InChI is InChI=1S/C34H58O2.C2H6.2H2/c1-10-25-15-19-34(24(6)35)21-23(5)26(11-2)30(34)22(4)13-14-28-32(9)18-17-29(36)31(7,8)27(32)16-20-33(25,28)12-3;1-2;;/h22-23,25,27-29,36H,10-21H2,1-9H3;1-2H3;2*1H/t22-,23?,25-,27?,28?,29+,32+,33?,34+;;;/m1.../s1. The SMILES string of the molecule is CC.CCC1=C2[C@H](C)CCC3C(CC)(CCC4C(C)(C)[C@@H](O)CC[C@@]43C)[C@H](CC)CC[C@@]2(C(C)=O)CC1C.[HH].[HH]. The molecule has 0 aromatic heterocycles. The highest BCUT2D eigenvalue weighted by atomic mass is 16.3. The van der Waals surface area contributed by atoms with Crippen LogP contribution in [0.5, 0.6) is 0 Å². The number of hydrogen-bond donors (Lipinski definition) is 1. The minimum Gasteiger partial charge on any atom is -0.393 e. The van der Waals surface area contributed by atoms with E-state index in [9.17, 15) is 9.90 Å². The molecule has 3 saturated carbocycles. The van der Waals surface area contributed by atoms with Crippen molar-refractivity contribution in [3.05, 3.63) is 11.1 Å². The Balaban J connectivity index is 0.00000196. The van der Waals surface area contributed by atoms with Gasteiger partial charge in [0.2, 0.25) is 0 Å². The zero-order valence-electron chi connectivity index (χ0n) is 27.3. The molecule has 9 atom stereocenters. The third-order valence-corrected chi connectivity index (χ3v) is 13.3. The van der Waals surface area contributed by atoms with Gasteiger partial charge in [-0.05, 0) is 123 Å². The Morgan fingerprint density at radius 3 is 2.11 bits per heavy atom. The minimum absolute atomic E-state index is 0. The van der Waals surface area contributed by atoms with Crippen molar-refractivity contribution < 1.29 is 12.8 Å². The first kappa shape index (κ1) is 31.9. The second kappa shape index (κ2) is 11.7. The summed E-state index contributed by atoms with van der Waals surface area (Å²) < 4.78 is 0. The normalized spacial score (nSPS) is 44.7. The van der Waals surface area contributed by atoms with Crippen molar-refractivity contribution >= 4 is 5.78 Å². The fourth-order valence-electron chi connectivity index (χ4n) is 11.5. The largest absolute Gasteiger partial charge is 0.393 e. The van der Waals surface area contributed by atoms with Gasteiger partial charge in [-0.1, -0.05) is 86.8 Å².